The zero-order valence-corrected chi connectivity index (χ0v) is 9.74. The van der Waals surface area contributed by atoms with Crippen molar-refractivity contribution in [2.24, 2.45) is 0 Å². The molecule has 2 N–H and O–H groups in total. The Kier molecular flexibility index (Phi) is 3.85. The molecule has 0 bridgehead atoms. The van der Waals surface area contributed by atoms with Crippen molar-refractivity contribution in [2.45, 2.75) is 11.0 Å². The Labute approximate surface area is 94.8 Å². The molecule has 5 heteroatoms. The van der Waals surface area contributed by atoms with Crippen molar-refractivity contribution in [1.82, 2.24) is 0 Å². The van der Waals surface area contributed by atoms with Crippen LogP contribution in [0, 0.1) is 0 Å². The van der Waals surface area contributed by atoms with Crippen LogP contribution >= 0.6 is 0 Å². The van der Waals surface area contributed by atoms with Crippen molar-refractivity contribution in [2.75, 3.05) is 12.9 Å². The fraction of sp³-hybridized carbons (Fsp3) is 0.273. The molecule has 0 amide bonds. The number of hydrogen-bond acceptors (Lipinski definition) is 4. The normalized spacial score (nSPS) is 13.4. The van der Waals surface area contributed by atoms with E-state index in [9.17, 15) is 13.5 Å². The summed E-state index contributed by atoms with van der Waals surface area (Å²) in [6, 6.07) is 5.83. The predicted octanol–water partition coefficient (Wildman–Crippen LogP) is 0.672. The molecule has 0 saturated carbocycles. The van der Waals surface area contributed by atoms with Crippen LogP contribution in [0.15, 0.2) is 41.3 Å². The molecule has 1 aromatic rings. The van der Waals surface area contributed by atoms with Crippen molar-refractivity contribution in [1.29, 1.82) is 0 Å². The van der Waals surface area contributed by atoms with Gasteiger partial charge < -0.3 is 10.2 Å². The third kappa shape index (κ3) is 2.91. The Morgan fingerprint density at radius 3 is 2.25 bits per heavy atom. The number of benzene rings is 1. The van der Waals surface area contributed by atoms with E-state index in [4.69, 9.17) is 5.11 Å². The standard InChI is InChI=1S/C11H14O4S/c1-8(7-12)11(13)9-3-5-10(6-4-9)16(2,14)15/h3-6,11-13H,1,7H2,2H3/t11-/m1/s1. The van der Waals surface area contributed by atoms with Crippen LogP contribution in [0.4, 0.5) is 0 Å². The van der Waals surface area contributed by atoms with Crippen LogP contribution in [-0.4, -0.2) is 31.5 Å². The summed E-state index contributed by atoms with van der Waals surface area (Å²) in [5, 5.41) is 18.5. The summed E-state index contributed by atoms with van der Waals surface area (Å²) in [5.74, 6) is 0. The van der Waals surface area contributed by atoms with Gasteiger partial charge in [-0.15, -0.1) is 0 Å². The van der Waals surface area contributed by atoms with Crippen LogP contribution in [0.1, 0.15) is 11.7 Å². The quantitative estimate of drug-likeness (QED) is 0.761. The fourth-order valence-electron chi connectivity index (χ4n) is 1.22. The highest BCUT2D eigenvalue weighted by Gasteiger charge is 2.12. The maximum absolute atomic E-state index is 11.2. The van der Waals surface area contributed by atoms with Crippen LogP contribution in [-0.2, 0) is 9.84 Å². The van der Waals surface area contributed by atoms with Gasteiger partial charge in [-0.1, -0.05) is 18.7 Å². The molecule has 1 atom stereocenters. The minimum absolute atomic E-state index is 0.193. The summed E-state index contributed by atoms with van der Waals surface area (Å²) in [6.45, 7) is 3.19. The van der Waals surface area contributed by atoms with Gasteiger partial charge >= 0.3 is 0 Å². The van der Waals surface area contributed by atoms with E-state index in [-0.39, 0.29) is 17.1 Å². The molecule has 16 heavy (non-hydrogen) atoms. The predicted molar refractivity (Wildman–Crippen MR) is 60.7 cm³/mol. The van der Waals surface area contributed by atoms with Gasteiger partial charge in [0.05, 0.1) is 11.5 Å². The van der Waals surface area contributed by atoms with E-state index >= 15 is 0 Å². The van der Waals surface area contributed by atoms with Gasteiger partial charge in [-0.2, -0.15) is 0 Å². The molecule has 1 aromatic carbocycles. The molecule has 0 aliphatic heterocycles. The maximum Gasteiger partial charge on any atom is 0.175 e. The van der Waals surface area contributed by atoms with Crippen LogP contribution in [0.3, 0.4) is 0 Å². The summed E-state index contributed by atoms with van der Waals surface area (Å²) < 4.78 is 22.4. The summed E-state index contributed by atoms with van der Waals surface area (Å²) in [4.78, 5) is 0.193. The molecule has 0 radical (unpaired) electrons. The van der Waals surface area contributed by atoms with E-state index in [0.717, 1.165) is 6.26 Å². The van der Waals surface area contributed by atoms with Gasteiger partial charge in [0.25, 0.3) is 0 Å². The maximum atomic E-state index is 11.2. The Morgan fingerprint density at radius 1 is 1.38 bits per heavy atom. The van der Waals surface area contributed by atoms with E-state index < -0.39 is 15.9 Å². The van der Waals surface area contributed by atoms with E-state index in [1.165, 1.54) is 24.3 Å². The molecule has 0 saturated heterocycles. The molecule has 0 unspecified atom stereocenters. The first kappa shape index (κ1) is 12.9. The van der Waals surface area contributed by atoms with Gasteiger partial charge in [0.15, 0.2) is 9.84 Å². The number of aliphatic hydroxyl groups excluding tert-OH is 2. The molecule has 0 aliphatic rings. The number of aliphatic hydroxyl groups is 2. The summed E-state index contributed by atoms with van der Waals surface area (Å²) in [5.41, 5.74) is 0.776. The lowest BCUT2D eigenvalue weighted by atomic mass is 10.0. The summed E-state index contributed by atoms with van der Waals surface area (Å²) in [6.07, 6.45) is 0.143. The first-order valence-corrected chi connectivity index (χ1v) is 6.52. The molecule has 0 aliphatic carbocycles. The summed E-state index contributed by atoms with van der Waals surface area (Å²) >= 11 is 0. The molecule has 0 aromatic heterocycles. The van der Waals surface area contributed by atoms with Crippen LogP contribution in [0.25, 0.3) is 0 Å². The van der Waals surface area contributed by atoms with E-state index in [1.807, 2.05) is 0 Å². The van der Waals surface area contributed by atoms with Crippen LogP contribution in [0.5, 0.6) is 0 Å². The van der Waals surface area contributed by atoms with Crippen LogP contribution in [0.2, 0.25) is 0 Å². The molecule has 88 valence electrons. The first-order chi connectivity index (χ1) is 7.36. The zero-order chi connectivity index (χ0) is 12.3. The highest BCUT2D eigenvalue weighted by Crippen LogP contribution is 2.21. The second-order valence-electron chi connectivity index (χ2n) is 3.56. The van der Waals surface area contributed by atoms with Gasteiger partial charge in [-0.3, -0.25) is 0 Å². The number of sulfone groups is 1. The third-order valence-corrected chi connectivity index (χ3v) is 3.34. The van der Waals surface area contributed by atoms with Crippen molar-refractivity contribution in [3.05, 3.63) is 42.0 Å². The minimum Gasteiger partial charge on any atom is -0.392 e. The van der Waals surface area contributed by atoms with Gasteiger partial charge in [-0.05, 0) is 23.3 Å². The summed E-state index contributed by atoms with van der Waals surface area (Å²) in [7, 11) is -3.22. The highest BCUT2D eigenvalue weighted by molar-refractivity contribution is 7.90. The Bertz CT molecular complexity index is 473. The third-order valence-electron chi connectivity index (χ3n) is 2.21. The Morgan fingerprint density at radius 2 is 1.88 bits per heavy atom. The Balaban J connectivity index is 3.00. The topological polar surface area (TPSA) is 74.6 Å². The molecular weight excluding hydrogens is 228 g/mol. The number of hydrogen-bond donors (Lipinski definition) is 2. The molecule has 0 heterocycles. The van der Waals surface area contributed by atoms with Crippen molar-refractivity contribution in [3.8, 4) is 0 Å². The van der Waals surface area contributed by atoms with Gasteiger partial charge in [-0.25, -0.2) is 8.42 Å². The van der Waals surface area contributed by atoms with Crippen molar-refractivity contribution >= 4 is 9.84 Å². The van der Waals surface area contributed by atoms with E-state index in [2.05, 4.69) is 6.58 Å². The van der Waals surface area contributed by atoms with Gasteiger partial charge in [0.1, 0.15) is 6.10 Å². The fourth-order valence-corrected chi connectivity index (χ4v) is 1.85. The lowest BCUT2D eigenvalue weighted by Crippen LogP contribution is -2.04. The molecular formula is C11H14O4S. The van der Waals surface area contributed by atoms with E-state index in [0.29, 0.717) is 5.56 Å². The average molecular weight is 242 g/mol. The average Bonchev–Trinajstić information content (AvgIpc) is 2.26. The highest BCUT2D eigenvalue weighted by atomic mass is 32.2. The van der Waals surface area contributed by atoms with Crippen molar-refractivity contribution < 1.29 is 18.6 Å². The molecule has 0 fully saturated rings. The second-order valence-corrected chi connectivity index (χ2v) is 5.58. The lowest BCUT2D eigenvalue weighted by Gasteiger charge is -2.12. The van der Waals surface area contributed by atoms with Crippen LogP contribution < -0.4 is 0 Å². The monoisotopic (exact) mass is 242 g/mol. The molecule has 0 spiro atoms. The second kappa shape index (κ2) is 4.78. The largest absolute Gasteiger partial charge is 0.392 e. The van der Waals surface area contributed by atoms with Gasteiger partial charge in [0, 0.05) is 6.26 Å². The zero-order valence-electron chi connectivity index (χ0n) is 8.92. The Hall–Kier alpha value is -1.17. The van der Waals surface area contributed by atoms with Gasteiger partial charge in [0.2, 0.25) is 0 Å². The minimum atomic E-state index is -3.22. The molecule has 4 nitrogen and oxygen atoms in total. The smallest absolute Gasteiger partial charge is 0.175 e. The lowest BCUT2D eigenvalue weighted by molar-refractivity contribution is 0.191. The number of rotatable bonds is 4. The molecule has 1 rings (SSSR count). The first-order valence-electron chi connectivity index (χ1n) is 4.63. The van der Waals surface area contributed by atoms with Crippen molar-refractivity contribution in [3.63, 3.8) is 0 Å². The SMILES string of the molecule is C=C(CO)[C@@H](O)c1ccc(S(C)(=O)=O)cc1. The van der Waals surface area contributed by atoms with E-state index in [1.54, 1.807) is 0 Å².